The third-order valence-electron chi connectivity index (χ3n) is 6.20. The van der Waals surface area contributed by atoms with Crippen LogP contribution in [-0.4, -0.2) is 35.6 Å². The number of piperazine rings is 1. The van der Waals surface area contributed by atoms with Crippen LogP contribution < -0.4 is 5.32 Å². The van der Waals surface area contributed by atoms with Gasteiger partial charge in [-0.3, -0.25) is 4.90 Å². The Labute approximate surface area is 126 Å². The molecule has 0 amide bonds. The summed E-state index contributed by atoms with van der Waals surface area (Å²) in [6.07, 6.45) is 11.0. The van der Waals surface area contributed by atoms with Crippen molar-refractivity contribution in [2.45, 2.75) is 96.7 Å². The van der Waals surface area contributed by atoms with E-state index in [1.54, 1.807) is 0 Å². The van der Waals surface area contributed by atoms with E-state index in [1.165, 1.54) is 64.5 Å². The van der Waals surface area contributed by atoms with Gasteiger partial charge in [-0.1, -0.05) is 52.9 Å². The van der Waals surface area contributed by atoms with E-state index in [2.05, 4.69) is 37.9 Å². The minimum Gasteiger partial charge on any atom is -0.308 e. The van der Waals surface area contributed by atoms with Crippen LogP contribution in [-0.2, 0) is 0 Å². The van der Waals surface area contributed by atoms with Gasteiger partial charge in [0.25, 0.3) is 0 Å². The lowest BCUT2D eigenvalue weighted by Crippen LogP contribution is -2.66. The highest BCUT2D eigenvalue weighted by Gasteiger charge is 2.41. The Balaban J connectivity index is 2.09. The molecule has 2 unspecified atom stereocenters. The van der Waals surface area contributed by atoms with Crippen LogP contribution in [0.4, 0.5) is 0 Å². The summed E-state index contributed by atoms with van der Waals surface area (Å²) in [7, 11) is 0. The molecule has 2 nitrogen and oxygen atoms in total. The Hall–Kier alpha value is -0.0800. The normalized spacial score (nSPS) is 28.9. The molecule has 2 fully saturated rings. The lowest BCUT2D eigenvalue weighted by atomic mass is 9.78. The number of nitrogens with one attached hydrogen (secondary N) is 1. The molecule has 1 aliphatic carbocycles. The van der Waals surface area contributed by atoms with E-state index in [0.717, 1.165) is 18.0 Å². The molecule has 1 saturated carbocycles. The summed E-state index contributed by atoms with van der Waals surface area (Å²) < 4.78 is 0. The van der Waals surface area contributed by atoms with Gasteiger partial charge in [0, 0.05) is 30.7 Å². The van der Waals surface area contributed by atoms with Crippen molar-refractivity contribution >= 4 is 0 Å². The topological polar surface area (TPSA) is 15.3 Å². The van der Waals surface area contributed by atoms with Gasteiger partial charge in [0.05, 0.1) is 0 Å². The lowest BCUT2D eigenvalue weighted by molar-refractivity contribution is 0.00778. The van der Waals surface area contributed by atoms with Crippen LogP contribution >= 0.6 is 0 Å². The van der Waals surface area contributed by atoms with Crippen molar-refractivity contribution in [3.8, 4) is 0 Å². The van der Waals surface area contributed by atoms with Crippen LogP contribution in [0.1, 0.15) is 79.1 Å². The summed E-state index contributed by atoms with van der Waals surface area (Å²) >= 11 is 0. The zero-order valence-corrected chi connectivity index (χ0v) is 14.3. The molecule has 2 heteroatoms. The molecule has 20 heavy (non-hydrogen) atoms. The maximum atomic E-state index is 3.95. The molecule has 118 valence electrons. The summed E-state index contributed by atoms with van der Waals surface area (Å²) in [4.78, 5) is 2.87. The lowest BCUT2D eigenvalue weighted by Gasteiger charge is -2.52. The minimum absolute atomic E-state index is 0.449. The maximum Gasteiger partial charge on any atom is 0.0309 e. The van der Waals surface area contributed by atoms with Crippen LogP contribution in [0.25, 0.3) is 0 Å². The highest BCUT2D eigenvalue weighted by Crippen LogP contribution is 2.34. The summed E-state index contributed by atoms with van der Waals surface area (Å²) in [5.74, 6) is 0.864. The molecule has 0 aromatic heterocycles. The Kier molecular flexibility index (Phi) is 5.92. The second-order valence-electron chi connectivity index (χ2n) is 7.27. The molecule has 0 aromatic carbocycles. The quantitative estimate of drug-likeness (QED) is 0.812. The predicted molar refractivity (Wildman–Crippen MR) is 88.1 cm³/mol. The zero-order valence-electron chi connectivity index (χ0n) is 14.3. The number of rotatable bonds is 5. The first kappa shape index (κ1) is 16.3. The molecular weight excluding hydrogens is 244 g/mol. The standard InChI is InChI=1S/C18H36N2/c1-5-16(6-2)15(4)20-14-18(11-9-8-10-12-18)19-13-17(20)7-3/h15-17,19H,5-14H2,1-4H3. The molecule has 2 atom stereocenters. The van der Waals surface area contributed by atoms with E-state index >= 15 is 0 Å². The van der Waals surface area contributed by atoms with Gasteiger partial charge in [-0.15, -0.1) is 0 Å². The predicted octanol–water partition coefficient (Wildman–Crippen LogP) is 4.20. The van der Waals surface area contributed by atoms with E-state index in [0.29, 0.717) is 5.54 Å². The fourth-order valence-electron chi connectivity index (χ4n) is 4.65. The SMILES string of the molecule is CCC(CC)C(C)N1CC2(CCCCC2)NCC1CC. The number of nitrogens with zero attached hydrogens (tertiary/aromatic N) is 1. The molecule has 1 spiro atoms. The minimum atomic E-state index is 0.449. The van der Waals surface area contributed by atoms with E-state index in [1.807, 2.05) is 0 Å². The van der Waals surface area contributed by atoms with Crippen molar-refractivity contribution in [1.29, 1.82) is 0 Å². The fraction of sp³-hybridized carbons (Fsp3) is 1.00. The molecule has 1 saturated heterocycles. The third kappa shape index (κ3) is 3.39. The maximum absolute atomic E-state index is 3.95. The fourth-order valence-corrected chi connectivity index (χ4v) is 4.65. The van der Waals surface area contributed by atoms with Crippen molar-refractivity contribution in [3.63, 3.8) is 0 Å². The first-order valence-corrected chi connectivity index (χ1v) is 9.16. The van der Waals surface area contributed by atoms with Gasteiger partial charge in [-0.25, -0.2) is 0 Å². The van der Waals surface area contributed by atoms with Gasteiger partial charge in [0.15, 0.2) is 0 Å². The zero-order chi connectivity index (χ0) is 14.6. The first-order chi connectivity index (χ1) is 9.65. The van der Waals surface area contributed by atoms with Crippen LogP contribution in [0.5, 0.6) is 0 Å². The van der Waals surface area contributed by atoms with Crippen LogP contribution in [0.15, 0.2) is 0 Å². The Bertz CT molecular complexity index is 279. The monoisotopic (exact) mass is 280 g/mol. The summed E-state index contributed by atoms with van der Waals surface area (Å²) in [6, 6.07) is 1.49. The van der Waals surface area contributed by atoms with E-state index in [-0.39, 0.29) is 0 Å². The smallest absolute Gasteiger partial charge is 0.0309 e. The molecule has 0 radical (unpaired) electrons. The Morgan fingerprint density at radius 1 is 1.10 bits per heavy atom. The van der Waals surface area contributed by atoms with Crippen molar-refractivity contribution in [1.82, 2.24) is 10.2 Å². The largest absolute Gasteiger partial charge is 0.308 e. The molecule has 0 bridgehead atoms. The second kappa shape index (κ2) is 7.26. The van der Waals surface area contributed by atoms with Gasteiger partial charge in [-0.2, -0.15) is 0 Å². The van der Waals surface area contributed by atoms with Gasteiger partial charge in [0.1, 0.15) is 0 Å². The second-order valence-corrected chi connectivity index (χ2v) is 7.27. The molecule has 1 heterocycles. The molecule has 1 N–H and O–H groups in total. The molecule has 2 aliphatic rings. The van der Waals surface area contributed by atoms with Gasteiger partial charge < -0.3 is 5.32 Å². The highest BCUT2D eigenvalue weighted by atomic mass is 15.3. The third-order valence-corrected chi connectivity index (χ3v) is 6.20. The molecule has 1 aliphatic heterocycles. The van der Waals surface area contributed by atoms with Crippen LogP contribution in [0, 0.1) is 5.92 Å². The van der Waals surface area contributed by atoms with E-state index in [9.17, 15) is 0 Å². The van der Waals surface area contributed by atoms with Crippen LogP contribution in [0.3, 0.4) is 0 Å². The average Bonchev–Trinajstić information content (AvgIpc) is 2.49. The van der Waals surface area contributed by atoms with Gasteiger partial charge in [-0.05, 0) is 32.1 Å². The highest BCUT2D eigenvalue weighted by molar-refractivity contribution is 5.01. The van der Waals surface area contributed by atoms with Crippen molar-refractivity contribution in [2.75, 3.05) is 13.1 Å². The van der Waals surface area contributed by atoms with Gasteiger partial charge >= 0.3 is 0 Å². The van der Waals surface area contributed by atoms with Crippen molar-refractivity contribution in [2.24, 2.45) is 5.92 Å². The van der Waals surface area contributed by atoms with Gasteiger partial charge in [0.2, 0.25) is 0 Å². The molecule has 2 rings (SSSR count). The number of hydrogen-bond acceptors (Lipinski definition) is 2. The summed E-state index contributed by atoms with van der Waals surface area (Å²) in [5, 5.41) is 3.95. The Morgan fingerprint density at radius 3 is 2.30 bits per heavy atom. The van der Waals surface area contributed by atoms with Crippen molar-refractivity contribution < 1.29 is 0 Å². The number of hydrogen-bond donors (Lipinski definition) is 1. The average molecular weight is 280 g/mol. The first-order valence-electron chi connectivity index (χ1n) is 9.16. The van der Waals surface area contributed by atoms with Crippen LogP contribution in [0.2, 0.25) is 0 Å². The van der Waals surface area contributed by atoms with E-state index in [4.69, 9.17) is 0 Å². The summed E-state index contributed by atoms with van der Waals surface area (Å²) in [6.45, 7) is 12.1. The molecular formula is C18H36N2. The Morgan fingerprint density at radius 2 is 1.75 bits per heavy atom. The van der Waals surface area contributed by atoms with E-state index < -0.39 is 0 Å². The van der Waals surface area contributed by atoms with Crippen molar-refractivity contribution in [3.05, 3.63) is 0 Å². The summed E-state index contributed by atoms with van der Waals surface area (Å²) in [5.41, 5.74) is 0.449. The molecule has 0 aromatic rings.